The zero-order valence-electron chi connectivity index (χ0n) is 14.1. The van der Waals surface area contributed by atoms with Crippen LogP contribution in [0, 0.1) is 5.41 Å². The van der Waals surface area contributed by atoms with Gasteiger partial charge < -0.3 is 5.32 Å². The van der Waals surface area contributed by atoms with E-state index in [-0.39, 0.29) is 11.3 Å². The van der Waals surface area contributed by atoms with Gasteiger partial charge in [-0.3, -0.25) is 14.2 Å². The van der Waals surface area contributed by atoms with Crippen molar-refractivity contribution in [1.29, 1.82) is 0 Å². The number of nitrogens with one attached hydrogen (secondary N) is 1. The van der Waals surface area contributed by atoms with Gasteiger partial charge >= 0.3 is 0 Å². The molecule has 0 aromatic carbocycles. The fraction of sp³-hybridized carbons (Fsp3) is 0.588. The van der Waals surface area contributed by atoms with Gasteiger partial charge in [-0.1, -0.05) is 20.8 Å². The van der Waals surface area contributed by atoms with Crippen LogP contribution in [0.4, 0.5) is 5.82 Å². The van der Waals surface area contributed by atoms with Crippen LogP contribution < -0.4 is 5.32 Å². The summed E-state index contributed by atoms with van der Waals surface area (Å²) in [7, 11) is 0. The summed E-state index contributed by atoms with van der Waals surface area (Å²) in [5, 5.41) is 11.6. The SMILES string of the molecule is CC(C)(C)Cn1ccc(NC(=O)Cc2ccnn2C2CCC2)n1. The molecular weight excluding hydrogens is 290 g/mol. The lowest BCUT2D eigenvalue weighted by atomic mass is 9.93. The normalized spacial score (nSPS) is 15.4. The van der Waals surface area contributed by atoms with Crippen molar-refractivity contribution in [3.63, 3.8) is 0 Å². The molecule has 2 heterocycles. The van der Waals surface area contributed by atoms with E-state index in [1.807, 2.05) is 27.7 Å². The van der Waals surface area contributed by atoms with Crippen LogP contribution in [0.25, 0.3) is 0 Å². The molecule has 1 saturated carbocycles. The number of aromatic nitrogens is 4. The molecule has 0 bridgehead atoms. The summed E-state index contributed by atoms with van der Waals surface area (Å²) in [4.78, 5) is 12.3. The molecule has 3 rings (SSSR count). The van der Waals surface area contributed by atoms with Crippen molar-refractivity contribution in [2.75, 3.05) is 5.32 Å². The molecule has 0 unspecified atom stereocenters. The summed E-state index contributed by atoms with van der Waals surface area (Å²) >= 11 is 0. The third-order valence-electron chi connectivity index (χ3n) is 4.06. The Kier molecular flexibility index (Phi) is 4.24. The first-order chi connectivity index (χ1) is 10.9. The van der Waals surface area contributed by atoms with Crippen molar-refractivity contribution in [2.45, 2.75) is 59.0 Å². The second-order valence-electron chi connectivity index (χ2n) is 7.54. The molecule has 0 aliphatic heterocycles. The highest BCUT2D eigenvalue weighted by molar-refractivity contribution is 5.91. The fourth-order valence-corrected chi connectivity index (χ4v) is 2.80. The number of amides is 1. The van der Waals surface area contributed by atoms with Gasteiger partial charge in [-0.05, 0) is 30.7 Å². The molecule has 0 atom stereocenters. The van der Waals surface area contributed by atoms with Gasteiger partial charge in [-0.25, -0.2) is 0 Å². The fourth-order valence-electron chi connectivity index (χ4n) is 2.80. The molecule has 6 nitrogen and oxygen atoms in total. The lowest BCUT2D eigenvalue weighted by Gasteiger charge is -2.27. The molecule has 1 aliphatic rings. The van der Waals surface area contributed by atoms with E-state index in [0.29, 0.717) is 18.3 Å². The first kappa shape index (κ1) is 15.8. The predicted octanol–water partition coefficient (Wildman–Crippen LogP) is 3.03. The van der Waals surface area contributed by atoms with Crippen molar-refractivity contribution in [2.24, 2.45) is 5.41 Å². The summed E-state index contributed by atoms with van der Waals surface area (Å²) < 4.78 is 3.87. The second kappa shape index (κ2) is 6.18. The molecule has 0 saturated heterocycles. The topological polar surface area (TPSA) is 64.7 Å². The third kappa shape index (κ3) is 4.00. The average Bonchev–Trinajstić information content (AvgIpc) is 2.96. The van der Waals surface area contributed by atoms with Crippen molar-refractivity contribution in [3.8, 4) is 0 Å². The zero-order chi connectivity index (χ0) is 16.4. The summed E-state index contributed by atoms with van der Waals surface area (Å²) in [5.74, 6) is 0.557. The van der Waals surface area contributed by atoms with E-state index in [0.717, 1.165) is 25.1 Å². The molecule has 1 N–H and O–H groups in total. The highest BCUT2D eigenvalue weighted by Gasteiger charge is 2.23. The minimum Gasteiger partial charge on any atom is -0.309 e. The lowest BCUT2D eigenvalue weighted by molar-refractivity contribution is -0.115. The minimum atomic E-state index is -0.0490. The molecular formula is C17H25N5O. The average molecular weight is 315 g/mol. The monoisotopic (exact) mass is 315 g/mol. The summed E-state index contributed by atoms with van der Waals surface area (Å²) in [6.07, 6.45) is 7.59. The molecule has 1 aliphatic carbocycles. The highest BCUT2D eigenvalue weighted by Crippen LogP contribution is 2.31. The smallest absolute Gasteiger partial charge is 0.231 e. The number of nitrogens with zero attached hydrogens (tertiary/aromatic N) is 4. The van der Waals surface area contributed by atoms with Crippen molar-refractivity contribution in [1.82, 2.24) is 19.6 Å². The van der Waals surface area contributed by atoms with Crippen LogP contribution in [0.1, 0.15) is 51.8 Å². The number of carbonyl (C=O) groups excluding carboxylic acids is 1. The Labute approximate surface area is 136 Å². The van der Waals surface area contributed by atoms with Gasteiger partial charge in [0.05, 0.1) is 12.5 Å². The lowest BCUT2D eigenvalue weighted by Crippen LogP contribution is -2.23. The molecule has 124 valence electrons. The summed E-state index contributed by atoms with van der Waals surface area (Å²) in [6.45, 7) is 7.30. The second-order valence-corrected chi connectivity index (χ2v) is 7.54. The molecule has 1 amide bonds. The quantitative estimate of drug-likeness (QED) is 0.922. The maximum Gasteiger partial charge on any atom is 0.231 e. The van der Waals surface area contributed by atoms with Gasteiger partial charge in [0, 0.05) is 30.7 Å². The number of anilines is 1. The minimum absolute atomic E-state index is 0.0490. The van der Waals surface area contributed by atoms with Gasteiger partial charge in [0.25, 0.3) is 0 Å². The molecule has 2 aromatic rings. The van der Waals surface area contributed by atoms with Crippen LogP contribution >= 0.6 is 0 Å². The van der Waals surface area contributed by atoms with E-state index in [1.165, 1.54) is 6.42 Å². The Morgan fingerprint density at radius 3 is 2.78 bits per heavy atom. The molecule has 1 fully saturated rings. The van der Waals surface area contributed by atoms with E-state index in [4.69, 9.17) is 0 Å². The Morgan fingerprint density at radius 1 is 1.35 bits per heavy atom. The Bertz CT molecular complexity index is 675. The molecule has 2 aromatic heterocycles. The first-order valence-electron chi connectivity index (χ1n) is 8.26. The molecule has 23 heavy (non-hydrogen) atoms. The first-order valence-corrected chi connectivity index (χ1v) is 8.26. The highest BCUT2D eigenvalue weighted by atomic mass is 16.1. The molecule has 6 heteroatoms. The Balaban J connectivity index is 1.58. The van der Waals surface area contributed by atoms with Crippen molar-refractivity contribution >= 4 is 11.7 Å². The predicted molar refractivity (Wildman–Crippen MR) is 89.1 cm³/mol. The Hall–Kier alpha value is -2.11. The van der Waals surface area contributed by atoms with E-state index >= 15 is 0 Å². The summed E-state index contributed by atoms with van der Waals surface area (Å²) in [6, 6.07) is 4.24. The van der Waals surface area contributed by atoms with Gasteiger partial charge in [0.1, 0.15) is 0 Å². The van der Waals surface area contributed by atoms with E-state index < -0.39 is 0 Å². The van der Waals surface area contributed by atoms with E-state index in [2.05, 4.69) is 36.3 Å². The molecule has 0 spiro atoms. The van der Waals surface area contributed by atoms with Gasteiger partial charge in [-0.15, -0.1) is 0 Å². The van der Waals surface area contributed by atoms with Gasteiger partial charge in [0.2, 0.25) is 5.91 Å². The van der Waals surface area contributed by atoms with Gasteiger partial charge in [0.15, 0.2) is 5.82 Å². The number of rotatable bonds is 5. The van der Waals surface area contributed by atoms with E-state index in [9.17, 15) is 4.79 Å². The van der Waals surface area contributed by atoms with Crippen LogP contribution in [0.3, 0.4) is 0 Å². The van der Waals surface area contributed by atoms with Gasteiger partial charge in [-0.2, -0.15) is 10.2 Å². The van der Waals surface area contributed by atoms with Crippen molar-refractivity contribution in [3.05, 3.63) is 30.2 Å². The van der Waals surface area contributed by atoms with Crippen molar-refractivity contribution < 1.29 is 4.79 Å². The largest absolute Gasteiger partial charge is 0.309 e. The molecule has 0 radical (unpaired) electrons. The Morgan fingerprint density at radius 2 is 2.13 bits per heavy atom. The van der Waals surface area contributed by atoms with Crippen LogP contribution in [-0.4, -0.2) is 25.5 Å². The maximum absolute atomic E-state index is 12.3. The maximum atomic E-state index is 12.3. The van der Waals surface area contributed by atoms with Crippen LogP contribution in [0.15, 0.2) is 24.5 Å². The van der Waals surface area contributed by atoms with E-state index in [1.54, 1.807) is 6.20 Å². The number of carbonyl (C=O) groups is 1. The van der Waals surface area contributed by atoms with Crippen LogP contribution in [0.2, 0.25) is 0 Å². The summed E-state index contributed by atoms with van der Waals surface area (Å²) in [5.41, 5.74) is 1.13. The van der Waals surface area contributed by atoms with Crippen LogP contribution in [0.5, 0.6) is 0 Å². The number of hydrogen-bond acceptors (Lipinski definition) is 3. The third-order valence-corrected chi connectivity index (χ3v) is 4.06. The zero-order valence-corrected chi connectivity index (χ0v) is 14.1. The van der Waals surface area contributed by atoms with Crippen LogP contribution in [-0.2, 0) is 17.8 Å². The number of hydrogen-bond donors (Lipinski definition) is 1. The standard InChI is InChI=1S/C17H25N5O/c1-17(2,3)12-21-10-8-15(20-21)19-16(23)11-14-7-9-18-22(14)13-5-4-6-13/h7-10,13H,4-6,11-12H2,1-3H3,(H,19,20,23).